The topological polar surface area (TPSA) is 209 Å². The summed E-state index contributed by atoms with van der Waals surface area (Å²) in [5.74, 6) is -4.01. The second-order valence-corrected chi connectivity index (χ2v) is 8.72. The minimum atomic E-state index is -1.21. The van der Waals surface area contributed by atoms with Gasteiger partial charge in [0.25, 0.3) is 0 Å². The van der Waals surface area contributed by atoms with Gasteiger partial charge in [-0.05, 0) is 24.0 Å². The fraction of sp³-hybridized carbons (Fsp3) is 0.458. The molecule has 1 aromatic heterocycles. The van der Waals surface area contributed by atoms with Gasteiger partial charge in [-0.25, -0.2) is 4.79 Å². The van der Waals surface area contributed by atoms with E-state index in [2.05, 4.69) is 20.9 Å². The Morgan fingerprint density at radius 2 is 1.78 bits per heavy atom. The summed E-state index contributed by atoms with van der Waals surface area (Å²) in [6, 6.07) is 4.19. The standard InChI is InChI=1S/C24H34N6O6/c1-3-13(2)21(30-22(33)16(25)8-9-19(26)31)23(34)28-12-20(32)29-18(24(35)36)10-14-11-27-17-7-5-4-6-15(14)17/h4-7,11,13,16,18,21,27H,3,8-10,12,25H2,1-2H3,(H2,26,31)(H,28,34)(H,29,32)(H,30,33)(H,35,36). The molecule has 1 heterocycles. The number of fused-ring (bicyclic) bond motifs is 1. The van der Waals surface area contributed by atoms with Crippen molar-refractivity contribution in [2.45, 2.75) is 57.7 Å². The molecule has 36 heavy (non-hydrogen) atoms. The molecule has 1 aromatic carbocycles. The molecule has 4 unspecified atom stereocenters. The Labute approximate surface area is 208 Å². The zero-order valence-electron chi connectivity index (χ0n) is 20.4. The Balaban J connectivity index is 1.96. The molecule has 0 saturated carbocycles. The van der Waals surface area contributed by atoms with Crippen LogP contribution in [0, 0.1) is 5.92 Å². The number of nitrogens with one attached hydrogen (secondary N) is 4. The maximum atomic E-state index is 12.8. The lowest BCUT2D eigenvalue weighted by Gasteiger charge is -2.25. The number of carboxylic acids is 1. The summed E-state index contributed by atoms with van der Waals surface area (Å²) in [5, 5.41) is 17.9. The Kier molecular flexibility index (Phi) is 10.4. The molecule has 12 heteroatoms. The third kappa shape index (κ3) is 8.08. The van der Waals surface area contributed by atoms with Gasteiger partial charge in [0.1, 0.15) is 12.1 Å². The van der Waals surface area contributed by atoms with Crippen molar-refractivity contribution >= 4 is 40.5 Å². The molecular formula is C24H34N6O6. The summed E-state index contributed by atoms with van der Waals surface area (Å²) in [5.41, 5.74) is 12.4. The van der Waals surface area contributed by atoms with E-state index < -0.39 is 54.3 Å². The summed E-state index contributed by atoms with van der Waals surface area (Å²) in [7, 11) is 0. The van der Waals surface area contributed by atoms with Gasteiger partial charge in [-0.1, -0.05) is 38.5 Å². The van der Waals surface area contributed by atoms with Gasteiger partial charge in [-0.15, -0.1) is 0 Å². The van der Waals surface area contributed by atoms with Gasteiger partial charge in [-0.2, -0.15) is 0 Å². The van der Waals surface area contributed by atoms with Crippen LogP contribution in [0.5, 0.6) is 0 Å². The van der Waals surface area contributed by atoms with Crippen LogP contribution in [0.15, 0.2) is 30.5 Å². The Bertz CT molecular complexity index is 1100. The van der Waals surface area contributed by atoms with Crippen LogP contribution in [0.2, 0.25) is 0 Å². The number of carbonyl (C=O) groups excluding carboxylic acids is 4. The number of benzene rings is 1. The third-order valence-corrected chi connectivity index (χ3v) is 5.99. The number of carboxylic acid groups (broad SMARTS) is 1. The van der Waals surface area contributed by atoms with Crippen LogP contribution < -0.4 is 27.4 Å². The lowest BCUT2D eigenvalue weighted by Crippen LogP contribution is -2.55. The van der Waals surface area contributed by atoms with E-state index in [1.54, 1.807) is 13.1 Å². The van der Waals surface area contributed by atoms with Crippen LogP contribution >= 0.6 is 0 Å². The van der Waals surface area contributed by atoms with Crippen molar-refractivity contribution in [3.8, 4) is 0 Å². The van der Waals surface area contributed by atoms with Gasteiger partial charge in [0.15, 0.2) is 0 Å². The molecule has 0 aliphatic carbocycles. The highest BCUT2D eigenvalue weighted by atomic mass is 16.4. The number of para-hydroxylation sites is 1. The first-order valence-corrected chi connectivity index (χ1v) is 11.7. The average molecular weight is 503 g/mol. The van der Waals surface area contributed by atoms with E-state index in [-0.39, 0.29) is 25.2 Å². The fourth-order valence-electron chi connectivity index (χ4n) is 3.63. The highest BCUT2D eigenvalue weighted by Crippen LogP contribution is 2.19. The smallest absolute Gasteiger partial charge is 0.326 e. The largest absolute Gasteiger partial charge is 0.480 e. The number of aromatic nitrogens is 1. The van der Waals surface area contributed by atoms with Gasteiger partial charge >= 0.3 is 5.97 Å². The molecule has 0 bridgehead atoms. The van der Waals surface area contributed by atoms with Crippen molar-refractivity contribution in [1.29, 1.82) is 0 Å². The quantitative estimate of drug-likeness (QED) is 0.180. The number of H-pyrrole nitrogens is 1. The first-order chi connectivity index (χ1) is 17.0. The van der Waals surface area contributed by atoms with Crippen molar-refractivity contribution in [1.82, 2.24) is 20.9 Å². The number of nitrogens with two attached hydrogens (primary N) is 2. The van der Waals surface area contributed by atoms with Gasteiger partial charge in [0.05, 0.1) is 12.6 Å². The maximum Gasteiger partial charge on any atom is 0.326 e. The minimum Gasteiger partial charge on any atom is -0.480 e. The molecule has 2 aromatic rings. The summed E-state index contributed by atoms with van der Waals surface area (Å²) >= 11 is 0. The average Bonchev–Trinajstić information content (AvgIpc) is 3.25. The summed E-state index contributed by atoms with van der Waals surface area (Å²) < 4.78 is 0. The summed E-state index contributed by atoms with van der Waals surface area (Å²) in [4.78, 5) is 63.3. The van der Waals surface area contributed by atoms with Crippen LogP contribution in [0.3, 0.4) is 0 Å². The van der Waals surface area contributed by atoms with Crippen LogP contribution in [0.1, 0.15) is 38.7 Å². The van der Waals surface area contributed by atoms with Crippen molar-refractivity contribution in [2.75, 3.05) is 6.54 Å². The van der Waals surface area contributed by atoms with Crippen molar-refractivity contribution in [2.24, 2.45) is 17.4 Å². The SMILES string of the molecule is CCC(C)C(NC(=O)C(N)CCC(N)=O)C(=O)NCC(=O)NC(Cc1c[nH]c2ccccc12)C(=O)O. The lowest BCUT2D eigenvalue weighted by molar-refractivity contribution is -0.141. The molecule has 2 rings (SSSR count). The number of carbonyl (C=O) groups is 5. The van der Waals surface area contributed by atoms with E-state index in [0.717, 1.165) is 16.5 Å². The molecular weight excluding hydrogens is 468 g/mol. The molecule has 12 nitrogen and oxygen atoms in total. The second kappa shape index (κ2) is 13.2. The molecule has 0 spiro atoms. The third-order valence-electron chi connectivity index (χ3n) is 5.99. The highest BCUT2D eigenvalue weighted by Gasteiger charge is 2.29. The van der Waals surface area contributed by atoms with Gasteiger partial charge in [0.2, 0.25) is 23.6 Å². The lowest BCUT2D eigenvalue weighted by atomic mass is 9.97. The van der Waals surface area contributed by atoms with Crippen LogP contribution in [0.25, 0.3) is 10.9 Å². The first kappa shape index (κ1) is 28.3. The Hall–Kier alpha value is -3.93. The molecule has 9 N–H and O–H groups in total. The van der Waals surface area contributed by atoms with E-state index in [0.29, 0.717) is 6.42 Å². The normalized spacial score (nSPS) is 14.3. The fourth-order valence-corrected chi connectivity index (χ4v) is 3.63. The number of rotatable bonds is 14. The van der Waals surface area contributed by atoms with Crippen molar-refractivity contribution in [3.05, 3.63) is 36.0 Å². The van der Waals surface area contributed by atoms with E-state index in [9.17, 15) is 29.1 Å². The molecule has 4 atom stereocenters. The van der Waals surface area contributed by atoms with Crippen molar-refractivity contribution in [3.63, 3.8) is 0 Å². The predicted molar refractivity (Wildman–Crippen MR) is 132 cm³/mol. The number of primary amides is 1. The Morgan fingerprint density at radius 1 is 1.08 bits per heavy atom. The van der Waals surface area contributed by atoms with Crippen molar-refractivity contribution < 1.29 is 29.1 Å². The molecule has 4 amide bonds. The van der Waals surface area contributed by atoms with E-state index in [1.165, 1.54) is 0 Å². The predicted octanol–water partition coefficient (Wildman–Crippen LogP) is -0.480. The second-order valence-electron chi connectivity index (χ2n) is 8.72. The summed E-state index contributed by atoms with van der Waals surface area (Å²) in [6.07, 6.45) is 2.26. The van der Waals surface area contributed by atoms with Gasteiger partial charge < -0.3 is 37.5 Å². The monoisotopic (exact) mass is 502 g/mol. The molecule has 0 fully saturated rings. The number of hydrogen-bond donors (Lipinski definition) is 7. The Morgan fingerprint density at radius 3 is 2.42 bits per heavy atom. The van der Waals surface area contributed by atoms with E-state index >= 15 is 0 Å². The molecule has 0 radical (unpaired) electrons. The van der Waals surface area contributed by atoms with E-state index in [4.69, 9.17) is 11.5 Å². The molecule has 0 aliphatic heterocycles. The van der Waals surface area contributed by atoms with E-state index in [1.807, 2.05) is 31.2 Å². The molecule has 0 aliphatic rings. The van der Waals surface area contributed by atoms with Gasteiger partial charge in [-0.3, -0.25) is 19.2 Å². The number of hydrogen-bond acceptors (Lipinski definition) is 6. The van der Waals surface area contributed by atoms with Crippen LogP contribution in [-0.4, -0.2) is 64.4 Å². The maximum absolute atomic E-state index is 12.8. The summed E-state index contributed by atoms with van der Waals surface area (Å²) in [6.45, 7) is 3.10. The zero-order valence-corrected chi connectivity index (χ0v) is 20.4. The van der Waals surface area contributed by atoms with Crippen LogP contribution in [-0.2, 0) is 30.4 Å². The van der Waals surface area contributed by atoms with Crippen LogP contribution in [0.4, 0.5) is 0 Å². The highest BCUT2D eigenvalue weighted by molar-refractivity contribution is 5.93. The van der Waals surface area contributed by atoms with Gasteiger partial charge in [0, 0.05) is 29.9 Å². The molecule has 196 valence electrons. The minimum absolute atomic E-state index is 0.0332. The first-order valence-electron chi connectivity index (χ1n) is 11.7. The zero-order chi connectivity index (χ0) is 26.8. The number of amides is 4. The molecule has 0 saturated heterocycles. The number of aromatic amines is 1. The number of aliphatic carboxylic acids is 1.